The number of nitrogens with one attached hydrogen (secondary N) is 1. The summed E-state index contributed by atoms with van der Waals surface area (Å²) in [7, 11) is 0. The largest absolute Gasteiger partial charge is 0.474 e. The SMILES string of the molecule is Nc1ccc(-c2cccnc2)c(OC2CCNCC2)n1. The van der Waals surface area contributed by atoms with Crippen molar-refractivity contribution >= 4 is 5.82 Å². The first-order valence-electron chi connectivity index (χ1n) is 6.87. The van der Waals surface area contributed by atoms with Gasteiger partial charge in [0.1, 0.15) is 11.9 Å². The summed E-state index contributed by atoms with van der Waals surface area (Å²) in [5, 5.41) is 3.32. The lowest BCUT2D eigenvalue weighted by Gasteiger charge is -2.24. The molecule has 3 rings (SSSR count). The van der Waals surface area contributed by atoms with E-state index < -0.39 is 0 Å². The van der Waals surface area contributed by atoms with Crippen molar-refractivity contribution in [2.45, 2.75) is 18.9 Å². The molecule has 104 valence electrons. The molecule has 2 aromatic rings. The maximum absolute atomic E-state index is 6.06. The van der Waals surface area contributed by atoms with Crippen LogP contribution in [0.25, 0.3) is 11.1 Å². The van der Waals surface area contributed by atoms with Gasteiger partial charge < -0.3 is 15.8 Å². The van der Waals surface area contributed by atoms with Crippen LogP contribution in [0.15, 0.2) is 36.7 Å². The van der Waals surface area contributed by atoms with Gasteiger partial charge in [0, 0.05) is 23.5 Å². The van der Waals surface area contributed by atoms with E-state index in [1.807, 2.05) is 24.4 Å². The highest BCUT2D eigenvalue weighted by Crippen LogP contribution is 2.30. The molecule has 0 unspecified atom stereocenters. The zero-order valence-electron chi connectivity index (χ0n) is 11.2. The number of ether oxygens (including phenoxy) is 1. The molecule has 1 saturated heterocycles. The topological polar surface area (TPSA) is 73.1 Å². The molecule has 1 aliphatic heterocycles. The zero-order valence-corrected chi connectivity index (χ0v) is 11.2. The molecule has 0 radical (unpaired) electrons. The number of rotatable bonds is 3. The molecule has 1 fully saturated rings. The number of nitrogen functional groups attached to an aromatic ring is 1. The second kappa shape index (κ2) is 5.88. The third-order valence-corrected chi connectivity index (χ3v) is 3.42. The molecule has 3 N–H and O–H groups in total. The molecule has 3 heterocycles. The number of pyridine rings is 2. The minimum Gasteiger partial charge on any atom is -0.474 e. The Balaban J connectivity index is 1.90. The van der Waals surface area contributed by atoms with Crippen LogP contribution < -0.4 is 15.8 Å². The van der Waals surface area contributed by atoms with Gasteiger partial charge >= 0.3 is 0 Å². The predicted octanol–water partition coefficient (Wildman–Crippen LogP) is 1.86. The lowest BCUT2D eigenvalue weighted by atomic mass is 10.1. The van der Waals surface area contributed by atoms with Gasteiger partial charge in [0.25, 0.3) is 0 Å². The van der Waals surface area contributed by atoms with E-state index in [-0.39, 0.29) is 6.10 Å². The van der Waals surface area contributed by atoms with Crippen molar-refractivity contribution in [2.75, 3.05) is 18.8 Å². The van der Waals surface area contributed by atoms with Crippen molar-refractivity contribution in [1.82, 2.24) is 15.3 Å². The molecule has 0 aliphatic carbocycles. The number of nitrogens with two attached hydrogens (primary N) is 1. The van der Waals surface area contributed by atoms with Crippen LogP contribution >= 0.6 is 0 Å². The van der Waals surface area contributed by atoms with Gasteiger partial charge in [0.05, 0.1) is 0 Å². The fraction of sp³-hybridized carbons (Fsp3) is 0.333. The van der Waals surface area contributed by atoms with E-state index in [4.69, 9.17) is 10.5 Å². The van der Waals surface area contributed by atoms with Crippen LogP contribution in [-0.2, 0) is 0 Å². The minimum absolute atomic E-state index is 0.195. The smallest absolute Gasteiger partial charge is 0.223 e. The number of hydrogen-bond donors (Lipinski definition) is 2. The van der Waals surface area contributed by atoms with Crippen molar-refractivity contribution in [2.24, 2.45) is 0 Å². The first-order chi connectivity index (χ1) is 9.83. The Kier molecular flexibility index (Phi) is 3.78. The van der Waals surface area contributed by atoms with Crippen LogP contribution in [0.2, 0.25) is 0 Å². The summed E-state index contributed by atoms with van der Waals surface area (Å²) in [4.78, 5) is 8.50. The number of hydrogen-bond acceptors (Lipinski definition) is 5. The summed E-state index contributed by atoms with van der Waals surface area (Å²) in [6.07, 6.45) is 5.73. The highest BCUT2D eigenvalue weighted by molar-refractivity contribution is 5.68. The van der Waals surface area contributed by atoms with Crippen molar-refractivity contribution in [3.63, 3.8) is 0 Å². The second-order valence-corrected chi connectivity index (χ2v) is 4.90. The number of aromatic nitrogens is 2. The number of piperidine rings is 1. The Hall–Kier alpha value is -2.14. The maximum Gasteiger partial charge on any atom is 0.223 e. The maximum atomic E-state index is 6.06. The number of anilines is 1. The first-order valence-corrected chi connectivity index (χ1v) is 6.87. The normalized spacial score (nSPS) is 16.0. The van der Waals surface area contributed by atoms with Crippen molar-refractivity contribution in [3.8, 4) is 17.0 Å². The molecule has 0 atom stereocenters. The van der Waals surface area contributed by atoms with Crippen LogP contribution in [0.1, 0.15) is 12.8 Å². The van der Waals surface area contributed by atoms with E-state index in [0.29, 0.717) is 11.7 Å². The molecule has 0 amide bonds. The molecule has 20 heavy (non-hydrogen) atoms. The quantitative estimate of drug-likeness (QED) is 0.890. The Labute approximate surface area is 118 Å². The first kappa shape index (κ1) is 12.9. The molecule has 0 spiro atoms. The van der Waals surface area contributed by atoms with Crippen LogP contribution in [0.3, 0.4) is 0 Å². The van der Waals surface area contributed by atoms with Gasteiger partial charge in [-0.3, -0.25) is 4.98 Å². The van der Waals surface area contributed by atoms with E-state index in [9.17, 15) is 0 Å². The molecule has 1 aliphatic rings. The summed E-state index contributed by atoms with van der Waals surface area (Å²) in [6.45, 7) is 1.96. The van der Waals surface area contributed by atoms with E-state index in [2.05, 4.69) is 15.3 Å². The van der Waals surface area contributed by atoms with E-state index in [1.165, 1.54) is 0 Å². The summed E-state index contributed by atoms with van der Waals surface area (Å²) < 4.78 is 6.06. The van der Waals surface area contributed by atoms with Gasteiger partial charge in [0.2, 0.25) is 5.88 Å². The predicted molar refractivity (Wildman–Crippen MR) is 78.4 cm³/mol. The third-order valence-electron chi connectivity index (χ3n) is 3.42. The van der Waals surface area contributed by atoms with Gasteiger partial charge in [-0.2, -0.15) is 4.98 Å². The van der Waals surface area contributed by atoms with Gasteiger partial charge in [-0.05, 0) is 44.1 Å². The molecular weight excluding hydrogens is 252 g/mol. The monoisotopic (exact) mass is 270 g/mol. The van der Waals surface area contributed by atoms with Crippen LogP contribution in [0.4, 0.5) is 5.82 Å². The Morgan fingerprint density at radius 2 is 2.05 bits per heavy atom. The average Bonchev–Trinajstić information content (AvgIpc) is 2.49. The van der Waals surface area contributed by atoms with E-state index in [0.717, 1.165) is 37.1 Å². The molecule has 0 saturated carbocycles. The third kappa shape index (κ3) is 2.88. The average molecular weight is 270 g/mol. The van der Waals surface area contributed by atoms with Gasteiger partial charge in [-0.15, -0.1) is 0 Å². The minimum atomic E-state index is 0.195. The number of nitrogens with zero attached hydrogens (tertiary/aromatic N) is 2. The molecule has 5 heteroatoms. The van der Waals surface area contributed by atoms with Crippen LogP contribution in [0.5, 0.6) is 5.88 Å². The van der Waals surface area contributed by atoms with Gasteiger partial charge in [-0.1, -0.05) is 6.07 Å². The van der Waals surface area contributed by atoms with Gasteiger partial charge in [0.15, 0.2) is 0 Å². The Bertz CT molecular complexity index is 567. The second-order valence-electron chi connectivity index (χ2n) is 4.90. The van der Waals surface area contributed by atoms with Crippen molar-refractivity contribution in [3.05, 3.63) is 36.7 Å². The summed E-state index contributed by atoms with van der Waals surface area (Å²) >= 11 is 0. The highest BCUT2D eigenvalue weighted by Gasteiger charge is 2.18. The van der Waals surface area contributed by atoms with Gasteiger partial charge in [-0.25, -0.2) is 0 Å². The standard InChI is InChI=1S/C15H18N4O/c16-14-4-3-13(11-2-1-7-18-10-11)15(19-14)20-12-5-8-17-9-6-12/h1-4,7,10,12,17H,5-6,8-9H2,(H2,16,19). The van der Waals surface area contributed by atoms with E-state index in [1.54, 1.807) is 12.3 Å². The molecular formula is C15H18N4O. The molecule has 0 bridgehead atoms. The molecule has 5 nitrogen and oxygen atoms in total. The van der Waals surface area contributed by atoms with Crippen molar-refractivity contribution < 1.29 is 4.74 Å². The summed E-state index contributed by atoms with van der Waals surface area (Å²) in [5.41, 5.74) is 7.72. The van der Waals surface area contributed by atoms with Crippen LogP contribution in [0, 0.1) is 0 Å². The molecule has 2 aromatic heterocycles. The van der Waals surface area contributed by atoms with Crippen molar-refractivity contribution in [1.29, 1.82) is 0 Å². The fourth-order valence-corrected chi connectivity index (χ4v) is 2.36. The van der Waals surface area contributed by atoms with E-state index >= 15 is 0 Å². The lowest BCUT2D eigenvalue weighted by Crippen LogP contribution is -2.34. The zero-order chi connectivity index (χ0) is 13.8. The summed E-state index contributed by atoms with van der Waals surface area (Å²) in [6, 6.07) is 7.63. The highest BCUT2D eigenvalue weighted by atomic mass is 16.5. The lowest BCUT2D eigenvalue weighted by molar-refractivity contribution is 0.157. The summed E-state index contributed by atoms with van der Waals surface area (Å²) in [5.74, 6) is 1.08. The Morgan fingerprint density at radius 1 is 1.20 bits per heavy atom. The Morgan fingerprint density at radius 3 is 2.80 bits per heavy atom. The fourth-order valence-electron chi connectivity index (χ4n) is 2.36. The van der Waals surface area contributed by atoms with Crippen LogP contribution in [-0.4, -0.2) is 29.2 Å². The molecule has 0 aromatic carbocycles.